The summed E-state index contributed by atoms with van der Waals surface area (Å²) < 4.78 is 2.89. The number of aromatic nitrogens is 1. The standard InChI is InChI=1S/C55H33NSe/c1-2-14-35(15-3-1)51-42-21-8-10-23-44(42)54(45-24-11-9-22-43(45)51)47-25-12-26-49-55(47)46-30-29-37(33-50(46)57-49)53-40-19-6-4-17-38(40)52(39-18-5-7-20-41(39)53)36-28-27-34-16-13-31-56-48(34)32-36/h1-33H. The molecule has 0 amide bonds. The van der Waals surface area contributed by atoms with Gasteiger partial charge in [-0.05, 0) is 6.07 Å². The van der Waals surface area contributed by atoms with Crippen molar-refractivity contribution in [3.63, 3.8) is 0 Å². The second-order valence-electron chi connectivity index (χ2n) is 15.0. The molecular weight excluding hydrogens is 754 g/mol. The first-order valence-electron chi connectivity index (χ1n) is 19.5. The molecule has 2 aromatic heterocycles. The minimum atomic E-state index is 0.163. The van der Waals surface area contributed by atoms with Crippen molar-refractivity contribution >= 4 is 87.8 Å². The Kier molecular flexibility index (Phi) is 7.32. The summed E-state index contributed by atoms with van der Waals surface area (Å²) in [6.45, 7) is 0. The Balaban J connectivity index is 1.10. The summed E-state index contributed by atoms with van der Waals surface area (Å²) in [7, 11) is 0. The maximum absolute atomic E-state index is 4.72. The first-order valence-corrected chi connectivity index (χ1v) is 21.2. The van der Waals surface area contributed by atoms with Gasteiger partial charge in [0.15, 0.2) is 0 Å². The summed E-state index contributed by atoms with van der Waals surface area (Å²) in [6.07, 6.45) is 1.88. The molecule has 12 rings (SSSR count). The van der Waals surface area contributed by atoms with Crippen molar-refractivity contribution < 1.29 is 0 Å². The Morgan fingerprint density at radius 1 is 0.316 bits per heavy atom. The van der Waals surface area contributed by atoms with Crippen molar-refractivity contribution in [1.29, 1.82) is 0 Å². The predicted molar refractivity (Wildman–Crippen MR) is 245 cm³/mol. The Bertz CT molecular complexity index is 3460. The van der Waals surface area contributed by atoms with E-state index in [0.29, 0.717) is 0 Å². The zero-order chi connectivity index (χ0) is 37.5. The summed E-state index contributed by atoms with van der Waals surface area (Å²) in [5.74, 6) is 0. The fourth-order valence-electron chi connectivity index (χ4n) is 9.50. The first-order chi connectivity index (χ1) is 28.3. The van der Waals surface area contributed by atoms with Crippen LogP contribution in [0.15, 0.2) is 200 Å². The average molecular weight is 787 g/mol. The van der Waals surface area contributed by atoms with Crippen LogP contribution in [-0.4, -0.2) is 19.5 Å². The van der Waals surface area contributed by atoms with Gasteiger partial charge in [-0.25, -0.2) is 0 Å². The Morgan fingerprint density at radius 3 is 1.42 bits per heavy atom. The van der Waals surface area contributed by atoms with Crippen LogP contribution in [0.3, 0.4) is 0 Å². The zero-order valence-corrected chi connectivity index (χ0v) is 32.6. The number of pyridine rings is 1. The van der Waals surface area contributed by atoms with Gasteiger partial charge in [-0.3, -0.25) is 0 Å². The molecule has 0 radical (unpaired) electrons. The van der Waals surface area contributed by atoms with Crippen LogP contribution in [-0.2, 0) is 0 Å². The zero-order valence-electron chi connectivity index (χ0n) is 30.9. The van der Waals surface area contributed by atoms with Gasteiger partial charge in [0.1, 0.15) is 0 Å². The Labute approximate surface area is 335 Å². The molecule has 57 heavy (non-hydrogen) atoms. The number of benzene rings is 10. The fraction of sp³-hybridized carbons (Fsp3) is 0. The second-order valence-corrected chi connectivity index (χ2v) is 17.2. The van der Waals surface area contributed by atoms with Gasteiger partial charge < -0.3 is 0 Å². The van der Waals surface area contributed by atoms with E-state index < -0.39 is 0 Å². The average Bonchev–Trinajstić information content (AvgIpc) is 3.66. The molecule has 0 unspecified atom stereocenters. The van der Waals surface area contributed by atoms with Crippen molar-refractivity contribution in [2.45, 2.75) is 0 Å². The predicted octanol–water partition coefficient (Wildman–Crippen LogP) is 14.9. The van der Waals surface area contributed by atoms with Gasteiger partial charge in [-0.1, -0.05) is 0 Å². The number of nitrogens with zero attached hydrogens (tertiary/aromatic N) is 1. The van der Waals surface area contributed by atoms with Gasteiger partial charge in [0.2, 0.25) is 0 Å². The van der Waals surface area contributed by atoms with Crippen LogP contribution >= 0.6 is 0 Å². The Morgan fingerprint density at radius 2 is 0.825 bits per heavy atom. The van der Waals surface area contributed by atoms with Gasteiger partial charge in [0, 0.05) is 0 Å². The third kappa shape index (κ3) is 4.98. The summed E-state index contributed by atoms with van der Waals surface area (Å²) in [5.41, 5.74) is 11.2. The molecule has 264 valence electrons. The van der Waals surface area contributed by atoms with Gasteiger partial charge in [0.25, 0.3) is 0 Å². The molecule has 0 spiro atoms. The van der Waals surface area contributed by atoms with Crippen LogP contribution in [0, 0.1) is 0 Å². The summed E-state index contributed by atoms with van der Waals surface area (Å²) in [5, 5.41) is 14.1. The van der Waals surface area contributed by atoms with Crippen LogP contribution < -0.4 is 0 Å². The third-order valence-corrected chi connectivity index (χ3v) is 14.2. The molecule has 2 heteroatoms. The van der Waals surface area contributed by atoms with Gasteiger partial charge in [-0.2, -0.15) is 0 Å². The molecule has 12 aromatic rings. The molecule has 0 aliphatic rings. The second kappa shape index (κ2) is 12.9. The molecule has 1 nitrogen and oxygen atoms in total. The van der Waals surface area contributed by atoms with E-state index in [1.165, 1.54) is 107 Å². The molecule has 0 bridgehead atoms. The van der Waals surface area contributed by atoms with Crippen molar-refractivity contribution in [3.8, 4) is 44.5 Å². The van der Waals surface area contributed by atoms with Crippen LogP contribution in [0.2, 0.25) is 0 Å². The van der Waals surface area contributed by atoms with Crippen molar-refractivity contribution in [3.05, 3.63) is 200 Å². The topological polar surface area (TPSA) is 12.9 Å². The van der Waals surface area contributed by atoms with Gasteiger partial charge in [0.05, 0.1) is 0 Å². The normalized spacial score (nSPS) is 11.9. The van der Waals surface area contributed by atoms with Crippen molar-refractivity contribution in [1.82, 2.24) is 4.98 Å². The van der Waals surface area contributed by atoms with Crippen LogP contribution in [0.5, 0.6) is 0 Å². The van der Waals surface area contributed by atoms with Crippen LogP contribution in [0.25, 0.3) is 118 Å². The molecule has 0 aliphatic carbocycles. The van der Waals surface area contributed by atoms with Crippen LogP contribution in [0.1, 0.15) is 0 Å². The summed E-state index contributed by atoms with van der Waals surface area (Å²) >= 11 is 0.163. The van der Waals surface area contributed by atoms with E-state index in [0.717, 1.165) is 10.9 Å². The van der Waals surface area contributed by atoms with E-state index in [9.17, 15) is 0 Å². The third-order valence-electron chi connectivity index (χ3n) is 11.9. The molecule has 0 atom stereocenters. The molecule has 2 heterocycles. The minimum absolute atomic E-state index is 0.163. The van der Waals surface area contributed by atoms with Gasteiger partial charge >= 0.3 is 332 Å². The number of hydrogen-bond acceptors (Lipinski definition) is 1. The van der Waals surface area contributed by atoms with E-state index >= 15 is 0 Å². The van der Waals surface area contributed by atoms with E-state index in [1.807, 2.05) is 12.3 Å². The number of fused-ring (bicyclic) bond motifs is 8. The Hall–Kier alpha value is -6.83. The van der Waals surface area contributed by atoms with Gasteiger partial charge in [-0.15, -0.1) is 0 Å². The van der Waals surface area contributed by atoms with E-state index in [2.05, 4.69) is 188 Å². The van der Waals surface area contributed by atoms with E-state index in [-0.39, 0.29) is 14.5 Å². The number of hydrogen-bond donors (Lipinski definition) is 0. The first kappa shape index (κ1) is 32.4. The summed E-state index contributed by atoms with van der Waals surface area (Å²) in [6, 6.07) is 71.9. The van der Waals surface area contributed by atoms with Crippen LogP contribution in [0.4, 0.5) is 0 Å². The molecule has 0 fully saturated rings. The van der Waals surface area contributed by atoms with E-state index in [1.54, 1.807) is 0 Å². The maximum atomic E-state index is 4.72. The molecule has 0 saturated heterocycles. The van der Waals surface area contributed by atoms with Crippen molar-refractivity contribution in [2.75, 3.05) is 0 Å². The summed E-state index contributed by atoms with van der Waals surface area (Å²) in [4.78, 5) is 4.72. The SMILES string of the molecule is c1ccc(-c2c3ccccc3c(-c3cccc4[se]c5cc(-c6c7ccccc7c(-c7ccc8cccnc8c7)c7ccccc67)ccc5c34)c3ccccc23)cc1. The molecular formula is C55H33NSe. The molecule has 0 N–H and O–H groups in total. The number of rotatable bonds is 4. The quantitative estimate of drug-likeness (QED) is 0.128. The molecule has 10 aromatic carbocycles. The monoisotopic (exact) mass is 787 g/mol. The fourth-order valence-corrected chi connectivity index (χ4v) is 12.0. The molecule has 0 saturated carbocycles. The molecule has 0 aliphatic heterocycles. The van der Waals surface area contributed by atoms with E-state index in [4.69, 9.17) is 4.98 Å². The van der Waals surface area contributed by atoms with Crippen molar-refractivity contribution in [2.24, 2.45) is 0 Å².